The molecule has 0 aliphatic carbocycles. The van der Waals surface area contributed by atoms with Gasteiger partial charge in [-0.25, -0.2) is 14.2 Å². The van der Waals surface area contributed by atoms with Gasteiger partial charge in [0.05, 0.1) is 23.6 Å². The normalized spacial score (nSPS) is 14.6. The van der Waals surface area contributed by atoms with E-state index in [1.165, 1.54) is 23.1 Å². The van der Waals surface area contributed by atoms with Crippen LogP contribution < -0.4 is 15.5 Å². The van der Waals surface area contributed by atoms with Gasteiger partial charge in [0.1, 0.15) is 5.82 Å². The van der Waals surface area contributed by atoms with Gasteiger partial charge in [0.2, 0.25) is 6.17 Å². The van der Waals surface area contributed by atoms with Crippen molar-refractivity contribution in [3.8, 4) is 0 Å². The molecule has 1 aliphatic rings. The summed E-state index contributed by atoms with van der Waals surface area (Å²) in [5, 5.41) is 5.00. The second-order valence-corrected chi connectivity index (χ2v) is 9.00. The number of benzodiazepines with no additional fused rings is 1. The summed E-state index contributed by atoms with van der Waals surface area (Å²) in [7, 11) is 0. The first-order chi connectivity index (χ1) is 18.9. The van der Waals surface area contributed by atoms with Crippen molar-refractivity contribution in [3.63, 3.8) is 0 Å². The summed E-state index contributed by atoms with van der Waals surface area (Å²) in [6.07, 6.45) is -1.39. The van der Waals surface area contributed by atoms with Gasteiger partial charge < -0.3 is 15.5 Å². The van der Waals surface area contributed by atoms with Crippen LogP contribution in [0, 0.1) is 12.7 Å². The summed E-state index contributed by atoms with van der Waals surface area (Å²) in [5.74, 6) is -1.47. The third-order valence-corrected chi connectivity index (χ3v) is 6.39. The molecule has 2 N–H and O–H groups in total. The summed E-state index contributed by atoms with van der Waals surface area (Å²) in [6, 6.07) is 28.5. The number of hydrogen-bond acceptors (Lipinski definition) is 4. The fourth-order valence-corrected chi connectivity index (χ4v) is 4.47. The average Bonchev–Trinajstić information content (AvgIpc) is 3.06. The number of aryl methyl sites for hydroxylation is 1. The lowest BCUT2D eigenvalue weighted by atomic mass is 9.99. The molecule has 194 valence electrons. The van der Waals surface area contributed by atoms with Crippen LogP contribution in [0.1, 0.15) is 27.0 Å². The highest BCUT2D eigenvalue weighted by Gasteiger charge is 2.34. The Balaban J connectivity index is 1.55. The van der Waals surface area contributed by atoms with Gasteiger partial charge in [0.15, 0.2) is 5.78 Å². The first-order valence-corrected chi connectivity index (χ1v) is 12.4. The number of Topliss-reactive ketones (excluding diaryl/α,β-unsaturated/α-hetero) is 1. The number of hydrogen-bond donors (Lipinski definition) is 2. The Morgan fingerprint density at radius 3 is 2.31 bits per heavy atom. The maximum atomic E-state index is 14.1. The zero-order valence-electron chi connectivity index (χ0n) is 21.1. The van der Waals surface area contributed by atoms with Crippen LogP contribution in [0.3, 0.4) is 0 Å². The van der Waals surface area contributed by atoms with Crippen LogP contribution in [0.4, 0.5) is 20.6 Å². The molecule has 0 radical (unpaired) electrons. The number of aliphatic imine (C=N–C) groups is 1. The molecule has 5 rings (SSSR count). The van der Waals surface area contributed by atoms with Crippen molar-refractivity contribution >= 4 is 34.8 Å². The van der Waals surface area contributed by atoms with Crippen LogP contribution in [-0.2, 0) is 4.79 Å². The lowest BCUT2D eigenvalue weighted by Gasteiger charge is -2.25. The number of carbonyl (C=O) groups is 3. The van der Waals surface area contributed by atoms with Gasteiger partial charge in [0, 0.05) is 16.7 Å². The van der Waals surface area contributed by atoms with E-state index in [0.29, 0.717) is 22.5 Å². The fourth-order valence-electron chi connectivity index (χ4n) is 4.47. The zero-order valence-corrected chi connectivity index (χ0v) is 21.1. The molecule has 1 atom stereocenters. The number of rotatable bonds is 6. The van der Waals surface area contributed by atoms with Crippen molar-refractivity contribution in [3.05, 3.63) is 131 Å². The van der Waals surface area contributed by atoms with E-state index in [1.807, 2.05) is 61.5 Å². The Bertz CT molecular complexity index is 1590. The largest absolute Gasteiger partial charge is 0.321 e. The number of urea groups is 1. The first kappa shape index (κ1) is 25.5. The van der Waals surface area contributed by atoms with Crippen LogP contribution in [0.2, 0.25) is 0 Å². The molecular weight excluding hydrogens is 495 g/mol. The van der Waals surface area contributed by atoms with Gasteiger partial charge in [-0.15, -0.1) is 0 Å². The summed E-state index contributed by atoms with van der Waals surface area (Å²) in [6.45, 7) is 1.57. The maximum absolute atomic E-state index is 14.1. The summed E-state index contributed by atoms with van der Waals surface area (Å²) < 4.78 is 14.1. The summed E-state index contributed by atoms with van der Waals surface area (Å²) in [5.41, 5.74) is 3.57. The Hall–Kier alpha value is -5.11. The predicted molar refractivity (Wildman–Crippen MR) is 149 cm³/mol. The van der Waals surface area contributed by atoms with Crippen LogP contribution in [0.15, 0.2) is 108 Å². The molecule has 0 bridgehead atoms. The molecule has 0 aromatic heterocycles. The van der Waals surface area contributed by atoms with E-state index in [2.05, 4.69) is 15.6 Å². The molecule has 1 aliphatic heterocycles. The molecule has 1 unspecified atom stereocenters. The molecule has 0 fully saturated rings. The molecule has 0 saturated heterocycles. The van der Waals surface area contributed by atoms with Gasteiger partial charge in [-0.3, -0.25) is 9.59 Å². The van der Waals surface area contributed by atoms with E-state index in [0.717, 1.165) is 11.1 Å². The highest BCUT2D eigenvalue weighted by molar-refractivity contribution is 6.21. The van der Waals surface area contributed by atoms with Gasteiger partial charge in [0.25, 0.3) is 5.91 Å². The van der Waals surface area contributed by atoms with E-state index in [9.17, 15) is 18.8 Å². The summed E-state index contributed by atoms with van der Waals surface area (Å²) >= 11 is 0. The molecule has 4 aromatic rings. The molecule has 8 heteroatoms. The molecule has 0 spiro atoms. The van der Waals surface area contributed by atoms with Gasteiger partial charge >= 0.3 is 6.03 Å². The number of fused-ring (bicyclic) bond motifs is 1. The van der Waals surface area contributed by atoms with Crippen molar-refractivity contribution < 1.29 is 18.8 Å². The Labute approximate surface area is 225 Å². The number of nitrogens with zero attached hydrogens (tertiary/aromatic N) is 2. The van der Waals surface area contributed by atoms with Gasteiger partial charge in [-0.1, -0.05) is 84.9 Å². The minimum absolute atomic E-state index is 0.0433. The van der Waals surface area contributed by atoms with Crippen molar-refractivity contribution in [2.75, 3.05) is 16.8 Å². The van der Waals surface area contributed by atoms with E-state index in [1.54, 1.807) is 30.3 Å². The molecule has 0 saturated carbocycles. The topological polar surface area (TPSA) is 90.9 Å². The maximum Gasteiger partial charge on any atom is 0.321 e. The standard InChI is InChI=1S/C31H25FN4O3/c1-20-11-5-6-14-22(20)27(37)19-36-26-18-10-7-15-23(26)28(21-12-3-2-4-13-21)34-29(30(36)38)35-31(39)33-25-17-9-8-16-24(25)32/h2-18,29H,19H2,1H3,(H2,33,35,39). The zero-order chi connectivity index (χ0) is 27.4. The smallest absolute Gasteiger partial charge is 0.308 e. The van der Waals surface area contributed by atoms with Gasteiger partial charge in [-0.05, 0) is 30.7 Å². The van der Waals surface area contributed by atoms with E-state index in [-0.39, 0.29) is 18.0 Å². The second-order valence-electron chi connectivity index (χ2n) is 9.00. The van der Waals surface area contributed by atoms with Crippen molar-refractivity contribution in [2.45, 2.75) is 13.1 Å². The number of anilines is 2. The second kappa shape index (κ2) is 11.1. The molecular formula is C31H25FN4O3. The Kier molecular flexibility index (Phi) is 7.27. The molecule has 3 amide bonds. The monoisotopic (exact) mass is 520 g/mol. The first-order valence-electron chi connectivity index (χ1n) is 12.4. The molecule has 39 heavy (non-hydrogen) atoms. The molecule has 4 aromatic carbocycles. The summed E-state index contributed by atoms with van der Waals surface area (Å²) in [4.78, 5) is 46.2. The number of halogens is 1. The van der Waals surface area contributed by atoms with E-state index >= 15 is 0 Å². The van der Waals surface area contributed by atoms with Crippen molar-refractivity contribution in [1.82, 2.24) is 5.32 Å². The third-order valence-electron chi connectivity index (χ3n) is 6.39. The molecule has 1 heterocycles. The quantitative estimate of drug-likeness (QED) is 0.336. The number of ketones is 1. The number of amides is 3. The highest BCUT2D eigenvalue weighted by Crippen LogP contribution is 2.29. The third kappa shape index (κ3) is 5.45. The van der Waals surface area contributed by atoms with E-state index in [4.69, 9.17) is 0 Å². The van der Waals surface area contributed by atoms with Crippen LogP contribution in [-0.4, -0.2) is 36.1 Å². The predicted octanol–water partition coefficient (Wildman–Crippen LogP) is 5.35. The number of nitrogens with one attached hydrogen (secondary N) is 2. The van der Waals surface area contributed by atoms with Crippen molar-refractivity contribution in [2.24, 2.45) is 4.99 Å². The Morgan fingerprint density at radius 2 is 1.54 bits per heavy atom. The van der Waals surface area contributed by atoms with Crippen LogP contribution >= 0.6 is 0 Å². The number of carbonyl (C=O) groups excluding carboxylic acids is 3. The number of para-hydroxylation sites is 2. The van der Waals surface area contributed by atoms with E-state index < -0.39 is 23.9 Å². The van der Waals surface area contributed by atoms with Crippen molar-refractivity contribution in [1.29, 1.82) is 0 Å². The number of benzene rings is 4. The average molecular weight is 521 g/mol. The van der Waals surface area contributed by atoms with Crippen LogP contribution in [0.25, 0.3) is 0 Å². The lowest BCUT2D eigenvalue weighted by Crippen LogP contribution is -2.50. The highest BCUT2D eigenvalue weighted by atomic mass is 19.1. The SMILES string of the molecule is Cc1ccccc1C(=O)CN1C(=O)C(NC(=O)Nc2ccccc2F)N=C(c2ccccc2)c2ccccc21. The lowest BCUT2D eigenvalue weighted by molar-refractivity contribution is -0.120. The fraction of sp³-hybridized carbons (Fsp3) is 0.0968. The minimum Gasteiger partial charge on any atom is -0.308 e. The van der Waals surface area contributed by atoms with Crippen LogP contribution in [0.5, 0.6) is 0 Å². The Morgan fingerprint density at radius 1 is 0.872 bits per heavy atom. The molecule has 7 nitrogen and oxygen atoms in total. The minimum atomic E-state index is -1.39. The van der Waals surface area contributed by atoms with Gasteiger partial charge in [-0.2, -0.15) is 0 Å².